The van der Waals surface area contributed by atoms with Crippen LogP contribution in [0.4, 0.5) is 5.69 Å². The highest BCUT2D eigenvalue weighted by molar-refractivity contribution is 8.05. The molecule has 0 aromatic heterocycles. The maximum Gasteiger partial charge on any atom is 0.269 e. The first kappa shape index (κ1) is 28.5. The van der Waals surface area contributed by atoms with E-state index in [1.54, 1.807) is 12.1 Å². The highest BCUT2D eigenvalue weighted by Crippen LogP contribution is 2.63. The molecule has 0 spiro atoms. The van der Waals surface area contributed by atoms with Gasteiger partial charge in [-0.25, -0.2) is 0 Å². The third-order valence-electron chi connectivity index (χ3n) is 7.94. The second-order valence-corrected chi connectivity index (χ2v) is 18.0. The molecule has 204 valence electrons. The molecule has 13 heteroatoms. The van der Waals surface area contributed by atoms with E-state index in [0.29, 0.717) is 10.5 Å². The van der Waals surface area contributed by atoms with Crippen molar-refractivity contribution in [1.82, 2.24) is 10.2 Å². The molecule has 4 rings (SSSR count). The number of hydrogen-bond donors (Lipinski definition) is 2. The number of thioether (sulfide) groups is 1. The summed E-state index contributed by atoms with van der Waals surface area (Å²) in [5.41, 5.74) is 0.657. The van der Waals surface area contributed by atoms with Crippen LogP contribution in [-0.4, -0.2) is 52.0 Å². The summed E-state index contributed by atoms with van der Waals surface area (Å²) in [6.07, 6.45) is -0.393. The molecule has 0 saturated carbocycles. The minimum atomic E-state index is -2.29. The summed E-state index contributed by atoms with van der Waals surface area (Å²) >= 11 is 5.27. The first-order valence-corrected chi connectivity index (χ1v) is 16.4. The third kappa shape index (κ3) is 4.63. The van der Waals surface area contributed by atoms with Gasteiger partial charge in [-0.15, -0.1) is 0 Å². The number of fused-ring (bicyclic) bond motifs is 1. The summed E-state index contributed by atoms with van der Waals surface area (Å²) < 4.78 is 6.63. The lowest BCUT2D eigenvalue weighted by atomic mass is 9.78. The summed E-state index contributed by atoms with van der Waals surface area (Å²) in [4.78, 5) is 62.5. The van der Waals surface area contributed by atoms with E-state index in [1.807, 2.05) is 6.92 Å². The molecule has 3 aliphatic heterocycles. The molecule has 0 bridgehead atoms. The number of benzene rings is 1. The van der Waals surface area contributed by atoms with Gasteiger partial charge in [-0.3, -0.25) is 39.5 Å². The summed E-state index contributed by atoms with van der Waals surface area (Å²) in [5.74, 6) is -2.86. The van der Waals surface area contributed by atoms with Crippen molar-refractivity contribution < 1.29 is 28.5 Å². The highest BCUT2D eigenvalue weighted by atomic mass is 32.2. The van der Waals surface area contributed by atoms with Gasteiger partial charge in [0.25, 0.3) is 5.69 Å². The van der Waals surface area contributed by atoms with E-state index in [-0.39, 0.29) is 35.2 Å². The Balaban J connectivity index is 1.78. The third-order valence-corrected chi connectivity index (χ3v) is 14.4. The molecule has 2 fully saturated rings. The smallest absolute Gasteiger partial charge is 0.269 e. The lowest BCUT2D eigenvalue weighted by Crippen LogP contribution is -2.71. The fourth-order valence-corrected chi connectivity index (χ4v) is 8.72. The van der Waals surface area contributed by atoms with Crippen molar-refractivity contribution in [2.75, 3.05) is 0 Å². The number of carbonyl (C=O) groups is 4. The van der Waals surface area contributed by atoms with Crippen LogP contribution in [0, 0.1) is 22.0 Å². The van der Waals surface area contributed by atoms with Gasteiger partial charge in [0.2, 0.25) is 22.8 Å². The van der Waals surface area contributed by atoms with Gasteiger partial charge in [-0.1, -0.05) is 57.3 Å². The van der Waals surface area contributed by atoms with Gasteiger partial charge in [0.1, 0.15) is 10.6 Å². The molecule has 3 amide bonds. The Morgan fingerprint density at radius 3 is 2.37 bits per heavy atom. The van der Waals surface area contributed by atoms with Gasteiger partial charge in [-0.2, -0.15) is 0 Å². The van der Waals surface area contributed by atoms with E-state index < -0.39 is 53.0 Å². The fraction of sp³-hybridized carbons (Fsp3) is 0.520. The van der Waals surface area contributed by atoms with Crippen molar-refractivity contribution in [3.8, 4) is 0 Å². The Kier molecular flexibility index (Phi) is 7.21. The first-order valence-electron chi connectivity index (χ1n) is 12.3. The number of imide groups is 1. The Labute approximate surface area is 231 Å². The predicted octanol–water partition coefficient (Wildman–Crippen LogP) is 3.78. The van der Waals surface area contributed by atoms with Gasteiger partial charge in [-0.05, 0) is 30.6 Å². The minimum absolute atomic E-state index is 0.0101. The summed E-state index contributed by atoms with van der Waals surface area (Å²) in [6, 6.07) is 6.03. The van der Waals surface area contributed by atoms with Gasteiger partial charge in [0.05, 0.1) is 22.9 Å². The molecule has 3 heterocycles. The Hall–Kier alpha value is -2.48. The number of rotatable bonds is 8. The number of non-ortho nitro benzene ring substituents is 1. The molecule has 0 aliphatic carbocycles. The SMILES string of the molecule is C[C@@H](O[Si](C)(C)C(C)(C)C)[C@H]1C(=O)N2C(C(=O)S)=C(C3CC(=O)NC3=O)S[C@]12Cc1ccc([N+](=O)[O-])cc1. The summed E-state index contributed by atoms with van der Waals surface area (Å²) in [5, 5.41) is 12.7. The maximum atomic E-state index is 13.8. The molecule has 1 aromatic rings. The van der Waals surface area contributed by atoms with E-state index in [4.69, 9.17) is 4.43 Å². The molecule has 3 aliphatic rings. The topological polar surface area (TPSA) is 136 Å². The van der Waals surface area contributed by atoms with E-state index in [2.05, 4.69) is 51.8 Å². The largest absolute Gasteiger partial charge is 0.413 e. The number of nitrogens with one attached hydrogen (secondary N) is 1. The quantitative estimate of drug-likeness (QED) is 0.119. The van der Waals surface area contributed by atoms with Crippen LogP contribution in [0.2, 0.25) is 18.1 Å². The molecular weight excluding hydrogens is 547 g/mol. The number of β-lactam (4-membered cyclic amide) rings is 1. The van der Waals surface area contributed by atoms with Crippen LogP contribution in [0.15, 0.2) is 34.9 Å². The van der Waals surface area contributed by atoms with Crippen molar-refractivity contribution in [2.45, 2.75) is 69.6 Å². The van der Waals surface area contributed by atoms with Crippen LogP contribution in [0.3, 0.4) is 0 Å². The molecule has 4 atom stereocenters. The van der Waals surface area contributed by atoms with Gasteiger partial charge in [0.15, 0.2) is 8.32 Å². The molecule has 0 radical (unpaired) electrons. The molecule has 1 N–H and O–H groups in total. The number of nitrogens with zero attached hydrogens (tertiary/aromatic N) is 2. The molecule has 1 unspecified atom stereocenters. The Morgan fingerprint density at radius 1 is 1.29 bits per heavy atom. The molecule has 10 nitrogen and oxygen atoms in total. The van der Waals surface area contributed by atoms with Crippen LogP contribution in [-0.2, 0) is 30.0 Å². The Bertz CT molecular complexity index is 1270. The van der Waals surface area contributed by atoms with E-state index in [0.717, 1.165) is 0 Å². The van der Waals surface area contributed by atoms with Crippen LogP contribution in [0.5, 0.6) is 0 Å². The number of nitro groups is 1. The predicted molar refractivity (Wildman–Crippen MR) is 147 cm³/mol. The Morgan fingerprint density at radius 2 is 1.89 bits per heavy atom. The van der Waals surface area contributed by atoms with Crippen molar-refractivity contribution >= 4 is 61.2 Å². The van der Waals surface area contributed by atoms with Gasteiger partial charge < -0.3 is 4.43 Å². The van der Waals surface area contributed by atoms with Crippen molar-refractivity contribution in [3.63, 3.8) is 0 Å². The first-order chi connectivity index (χ1) is 17.5. The average Bonchev–Trinajstić information content (AvgIpc) is 3.26. The van der Waals surface area contributed by atoms with E-state index in [1.165, 1.54) is 28.8 Å². The number of thiol groups is 1. The van der Waals surface area contributed by atoms with Crippen molar-refractivity contribution in [1.29, 1.82) is 0 Å². The standard InChI is InChI=1S/C25H31N3O7S2Si/c1-13(35-38(5,6)24(2,3)4)18-22(31)27-19(23(32)36)20(16-11-17(29)26-21(16)30)37-25(18,27)12-14-7-9-15(10-8-14)28(33)34/h7-10,13,16,18H,11-12H2,1-6H3,(H,32,36)(H,26,29,30)/t13-,16?,18+,25-/m1/s1. The van der Waals surface area contributed by atoms with Crippen molar-refractivity contribution in [2.24, 2.45) is 11.8 Å². The second kappa shape index (κ2) is 9.61. The summed E-state index contributed by atoms with van der Waals surface area (Å²) in [7, 11) is -2.29. The number of hydrogen-bond acceptors (Lipinski definition) is 8. The second-order valence-electron chi connectivity index (χ2n) is 11.5. The van der Waals surface area contributed by atoms with Crippen LogP contribution in [0.25, 0.3) is 0 Å². The lowest BCUT2D eigenvalue weighted by Gasteiger charge is -2.56. The molecule has 1 aromatic carbocycles. The normalized spacial score (nSPS) is 26.3. The van der Waals surface area contributed by atoms with Crippen molar-refractivity contribution in [3.05, 3.63) is 50.5 Å². The van der Waals surface area contributed by atoms with Crippen LogP contribution in [0.1, 0.15) is 39.7 Å². The summed E-state index contributed by atoms with van der Waals surface area (Å²) in [6.45, 7) is 12.3. The molecular formula is C25H31N3O7S2Si. The van der Waals surface area contributed by atoms with Gasteiger partial charge in [0, 0.05) is 29.9 Å². The minimum Gasteiger partial charge on any atom is -0.413 e. The molecule has 2 saturated heterocycles. The van der Waals surface area contributed by atoms with E-state index >= 15 is 0 Å². The maximum absolute atomic E-state index is 13.8. The van der Waals surface area contributed by atoms with Crippen LogP contribution < -0.4 is 5.32 Å². The highest BCUT2D eigenvalue weighted by Gasteiger charge is 2.69. The zero-order valence-corrected chi connectivity index (χ0v) is 24.8. The monoisotopic (exact) mass is 577 g/mol. The van der Waals surface area contributed by atoms with Crippen LogP contribution >= 0.6 is 24.4 Å². The number of nitro benzene ring substituents is 1. The average molecular weight is 578 g/mol. The fourth-order valence-electron chi connectivity index (χ4n) is 5.08. The zero-order valence-electron chi connectivity index (χ0n) is 22.1. The van der Waals surface area contributed by atoms with E-state index in [9.17, 15) is 29.3 Å². The number of carbonyl (C=O) groups excluding carboxylic acids is 4. The number of amides is 3. The van der Waals surface area contributed by atoms with Gasteiger partial charge >= 0.3 is 0 Å². The zero-order chi connectivity index (χ0) is 28.4. The molecule has 38 heavy (non-hydrogen) atoms. The lowest BCUT2D eigenvalue weighted by molar-refractivity contribution is -0.384.